The van der Waals surface area contributed by atoms with Gasteiger partial charge in [-0.2, -0.15) is 0 Å². The summed E-state index contributed by atoms with van der Waals surface area (Å²) < 4.78 is 11.6. The first kappa shape index (κ1) is 22.1. The summed E-state index contributed by atoms with van der Waals surface area (Å²) in [5.41, 5.74) is 10.6. The lowest BCUT2D eigenvalue weighted by molar-refractivity contribution is -0.190. The normalized spacial score (nSPS) is 23.6. The topological polar surface area (TPSA) is 108 Å². The van der Waals surface area contributed by atoms with Gasteiger partial charge in [-0.15, -0.1) is 0 Å². The van der Waals surface area contributed by atoms with Crippen molar-refractivity contribution in [1.82, 2.24) is 4.90 Å². The summed E-state index contributed by atoms with van der Waals surface area (Å²) in [5.74, 6) is 0.288. The molecule has 2 aromatic carbocycles. The molecule has 8 heteroatoms. The van der Waals surface area contributed by atoms with Crippen LogP contribution in [0.2, 0.25) is 0 Å². The van der Waals surface area contributed by atoms with E-state index in [-0.39, 0.29) is 24.7 Å². The van der Waals surface area contributed by atoms with Gasteiger partial charge in [-0.25, -0.2) is 4.79 Å². The van der Waals surface area contributed by atoms with Crippen LogP contribution in [-0.2, 0) is 22.6 Å². The number of benzene rings is 2. The van der Waals surface area contributed by atoms with Gasteiger partial charge in [0, 0.05) is 11.5 Å². The Morgan fingerprint density at radius 1 is 1.09 bits per heavy atom. The Hall–Kier alpha value is -3.06. The molecule has 32 heavy (non-hydrogen) atoms. The SMILES string of the molecule is [N-]=[N+]=NC1CC[C@@H]([C@H](C2CC2)N(Cc2ccccc2)C(=O)OCc2ccccc2)OC1O. The highest BCUT2D eigenvalue weighted by molar-refractivity contribution is 5.68. The maximum absolute atomic E-state index is 13.3. The lowest BCUT2D eigenvalue weighted by Crippen LogP contribution is -2.53. The van der Waals surface area contributed by atoms with E-state index >= 15 is 0 Å². The van der Waals surface area contributed by atoms with E-state index in [2.05, 4.69) is 10.0 Å². The molecule has 1 saturated carbocycles. The van der Waals surface area contributed by atoms with Crippen molar-refractivity contribution in [1.29, 1.82) is 0 Å². The van der Waals surface area contributed by atoms with E-state index in [1.165, 1.54) is 0 Å². The number of nitrogens with zero attached hydrogens (tertiary/aromatic N) is 4. The monoisotopic (exact) mass is 436 g/mol. The zero-order valence-corrected chi connectivity index (χ0v) is 17.9. The van der Waals surface area contributed by atoms with Crippen molar-refractivity contribution in [2.24, 2.45) is 11.0 Å². The summed E-state index contributed by atoms with van der Waals surface area (Å²) in [6.07, 6.45) is 1.18. The predicted octanol–water partition coefficient (Wildman–Crippen LogP) is 4.78. The molecular weight excluding hydrogens is 408 g/mol. The second-order valence-electron chi connectivity index (χ2n) is 8.40. The van der Waals surface area contributed by atoms with E-state index in [0.717, 1.165) is 24.0 Å². The molecule has 4 rings (SSSR count). The first-order valence-corrected chi connectivity index (χ1v) is 11.0. The van der Waals surface area contributed by atoms with Crippen LogP contribution in [0, 0.1) is 5.92 Å². The number of aliphatic hydroxyl groups excluding tert-OH is 1. The molecule has 0 bridgehead atoms. The summed E-state index contributed by atoms with van der Waals surface area (Å²) in [7, 11) is 0. The van der Waals surface area contributed by atoms with Gasteiger partial charge in [0.25, 0.3) is 0 Å². The van der Waals surface area contributed by atoms with Crippen LogP contribution in [-0.4, -0.2) is 40.6 Å². The molecule has 2 aromatic rings. The minimum absolute atomic E-state index is 0.190. The van der Waals surface area contributed by atoms with Gasteiger partial charge in [-0.3, -0.25) is 4.90 Å². The van der Waals surface area contributed by atoms with Crippen molar-refractivity contribution in [2.75, 3.05) is 0 Å². The van der Waals surface area contributed by atoms with Crippen LogP contribution in [0.5, 0.6) is 0 Å². The molecule has 8 nitrogen and oxygen atoms in total. The number of amides is 1. The van der Waals surface area contributed by atoms with Gasteiger partial charge >= 0.3 is 6.09 Å². The van der Waals surface area contributed by atoms with E-state index in [9.17, 15) is 9.90 Å². The van der Waals surface area contributed by atoms with Gasteiger partial charge in [0.1, 0.15) is 6.61 Å². The Morgan fingerprint density at radius 2 is 1.75 bits per heavy atom. The third kappa shape index (κ3) is 5.59. The number of ether oxygens (including phenoxy) is 2. The van der Waals surface area contributed by atoms with Crippen LogP contribution >= 0.6 is 0 Å². The maximum Gasteiger partial charge on any atom is 0.410 e. The molecule has 1 aliphatic heterocycles. The number of azide groups is 1. The van der Waals surface area contributed by atoms with Crippen molar-refractivity contribution >= 4 is 6.09 Å². The quantitative estimate of drug-likeness (QED) is 0.365. The van der Waals surface area contributed by atoms with Crippen molar-refractivity contribution in [3.63, 3.8) is 0 Å². The first-order chi connectivity index (χ1) is 15.7. The highest BCUT2D eigenvalue weighted by Gasteiger charge is 2.46. The molecule has 2 unspecified atom stereocenters. The lowest BCUT2D eigenvalue weighted by Gasteiger charge is -2.41. The van der Waals surface area contributed by atoms with E-state index in [1.807, 2.05) is 60.7 Å². The summed E-state index contributed by atoms with van der Waals surface area (Å²) in [6.45, 7) is 0.584. The van der Waals surface area contributed by atoms with Crippen molar-refractivity contribution in [3.05, 3.63) is 82.2 Å². The van der Waals surface area contributed by atoms with Crippen molar-refractivity contribution in [2.45, 2.75) is 63.3 Å². The molecule has 1 N–H and O–H groups in total. The highest BCUT2D eigenvalue weighted by atomic mass is 16.6. The second kappa shape index (κ2) is 10.5. The number of carbonyl (C=O) groups is 1. The molecule has 1 amide bonds. The molecule has 0 spiro atoms. The first-order valence-electron chi connectivity index (χ1n) is 11.0. The zero-order valence-electron chi connectivity index (χ0n) is 17.9. The lowest BCUT2D eigenvalue weighted by atomic mass is 9.94. The van der Waals surface area contributed by atoms with E-state index in [4.69, 9.17) is 15.0 Å². The second-order valence-corrected chi connectivity index (χ2v) is 8.40. The number of carbonyl (C=O) groups excluding carboxylic acids is 1. The van der Waals surface area contributed by atoms with Gasteiger partial charge in [-0.05, 0) is 48.3 Å². The number of hydrogen-bond donors (Lipinski definition) is 1. The Kier molecular flexibility index (Phi) is 7.27. The minimum Gasteiger partial charge on any atom is -0.445 e. The Balaban J connectivity index is 1.53. The van der Waals surface area contributed by atoms with E-state index in [1.54, 1.807) is 4.90 Å². The summed E-state index contributed by atoms with van der Waals surface area (Å²) in [5, 5.41) is 14.0. The van der Waals surface area contributed by atoms with Crippen LogP contribution < -0.4 is 0 Å². The average molecular weight is 437 g/mol. The molecule has 2 aliphatic rings. The van der Waals surface area contributed by atoms with Crippen LogP contribution in [0.1, 0.15) is 36.8 Å². The fraction of sp³-hybridized carbons (Fsp3) is 0.458. The predicted molar refractivity (Wildman–Crippen MR) is 118 cm³/mol. The van der Waals surface area contributed by atoms with Crippen molar-refractivity contribution in [3.8, 4) is 0 Å². The Bertz CT molecular complexity index is 932. The fourth-order valence-corrected chi connectivity index (χ4v) is 4.32. The third-order valence-electron chi connectivity index (χ3n) is 6.07. The Labute approximate surface area is 187 Å². The molecular formula is C24H28N4O4. The zero-order chi connectivity index (χ0) is 22.3. The largest absolute Gasteiger partial charge is 0.445 e. The standard InChI is InChI=1S/C24H28N4O4/c25-27-26-20-13-14-21(32-23(20)29)22(19-11-12-19)28(15-17-7-3-1-4-8-17)24(30)31-16-18-9-5-2-6-10-18/h1-10,19-23,29H,11-16H2/t20?,21-,22-,23?/m0/s1. The molecule has 0 aromatic heterocycles. The van der Waals surface area contributed by atoms with Gasteiger partial charge in [0.05, 0.1) is 18.2 Å². The molecule has 4 atom stereocenters. The summed E-state index contributed by atoms with van der Waals surface area (Å²) >= 11 is 0. The highest BCUT2D eigenvalue weighted by Crippen LogP contribution is 2.41. The molecule has 1 aliphatic carbocycles. The number of rotatable bonds is 8. The molecule has 2 fully saturated rings. The maximum atomic E-state index is 13.3. The molecule has 168 valence electrons. The van der Waals surface area contributed by atoms with Crippen LogP contribution in [0.25, 0.3) is 10.4 Å². The van der Waals surface area contributed by atoms with Gasteiger partial charge in [-0.1, -0.05) is 65.8 Å². The molecule has 1 heterocycles. The van der Waals surface area contributed by atoms with Crippen LogP contribution in [0.15, 0.2) is 65.8 Å². The fourth-order valence-electron chi connectivity index (χ4n) is 4.32. The van der Waals surface area contributed by atoms with Gasteiger partial charge in [0.15, 0.2) is 6.29 Å². The van der Waals surface area contributed by atoms with E-state index < -0.39 is 18.4 Å². The van der Waals surface area contributed by atoms with Gasteiger partial charge in [0.2, 0.25) is 0 Å². The van der Waals surface area contributed by atoms with Gasteiger partial charge < -0.3 is 14.6 Å². The van der Waals surface area contributed by atoms with Crippen LogP contribution in [0.3, 0.4) is 0 Å². The van der Waals surface area contributed by atoms with Crippen molar-refractivity contribution < 1.29 is 19.4 Å². The minimum atomic E-state index is -1.18. The summed E-state index contributed by atoms with van der Waals surface area (Å²) in [4.78, 5) is 17.9. The number of hydrogen-bond acceptors (Lipinski definition) is 5. The smallest absolute Gasteiger partial charge is 0.410 e. The number of aliphatic hydroxyl groups is 1. The van der Waals surface area contributed by atoms with E-state index in [0.29, 0.717) is 19.4 Å². The van der Waals surface area contributed by atoms with Crippen LogP contribution in [0.4, 0.5) is 4.79 Å². The molecule has 0 radical (unpaired) electrons. The third-order valence-corrected chi connectivity index (χ3v) is 6.07. The Morgan fingerprint density at radius 3 is 2.34 bits per heavy atom. The average Bonchev–Trinajstić information content (AvgIpc) is 3.65. The molecule has 1 saturated heterocycles. The summed E-state index contributed by atoms with van der Waals surface area (Å²) in [6, 6.07) is 18.6.